The van der Waals surface area contributed by atoms with Crippen LogP contribution in [0.4, 0.5) is 0 Å². The van der Waals surface area contributed by atoms with Gasteiger partial charge in [0.15, 0.2) is 5.75 Å². The topological polar surface area (TPSA) is 44.2 Å². The van der Waals surface area contributed by atoms with Gasteiger partial charge in [-0.1, -0.05) is 0 Å². The Labute approximate surface area is 76.9 Å². The molecule has 0 radical (unpaired) electrons. The van der Waals surface area contributed by atoms with Gasteiger partial charge in [-0.05, 0) is 18.8 Å². The molecule has 1 saturated carbocycles. The van der Waals surface area contributed by atoms with Gasteiger partial charge in [-0.2, -0.15) is 9.97 Å². The molecule has 0 bridgehead atoms. The van der Waals surface area contributed by atoms with Gasteiger partial charge >= 0.3 is 6.01 Å². The van der Waals surface area contributed by atoms with Crippen LogP contribution in [0.1, 0.15) is 12.8 Å². The van der Waals surface area contributed by atoms with Crippen LogP contribution in [0, 0.1) is 5.92 Å². The first-order chi connectivity index (χ1) is 6.38. The smallest absolute Gasteiger partial charge is 0.316 e. The summed E-state index contributed by atoms with van der Waals surface area (Å²) in [5, 5.41) is 0. The number of hydrogen-bond acceptors (Lipinski definition) is 4. The van der Waals surface area contributed by atoms with Gasteiger partial charge in [-0.25, -0.2) is 0 Å². The van der Waals surface area contributed by atoms with Gasteiger partial charge in [0, 0.05) is 0 Å². The van der Waals surface area contributed by atoms with Crippen molar-refractivity contribution in [1.29, 1.82) is 0 Å². The van der Waals surface area contributed by atoms with Crippen LogP contribution in [-0.4, -0.2) is 23.7 Å². The standard InChI is InChI=1S/C9H12N2O2/c1-12-8-4-10-9(11-5-8)13-6-7-2-3-7/h4-5,7H,2-3,6H2,1H3. The van der Waals surface area contributed by atoms with Crippen LogP contribution in [0.2, 0.25) is 0 Å². The Bertz CT molecular complexity index is 269. The number of rotatable bonds is 4. The second-order valence-corrected chi connectivity index (χ2v) is 3.16. The maximum Gasteiger partial charge on any atom is 0.316 e. The Kier molecular flexibility index (Phi) is 2.29. The van der Waals surface area contributed by atoms with Crippen molar-refractivity contribution in [1.82, 2.24) is 9.97 Å². The molecule has 1 heterocycles. The highest BCUT2D eigenvalue weighted by atomic mass is 16.5. The van der Waals surface area contributed by atoms with Gasteiger partial charge in [-0.3, -0.25) is 0 Å². The van der Waals surface area contributed by atoms with E-state index in [1.807, 2.05) is 0 Å². The summed E-state index contributed by atoms with van der Waals surface area (Å²) in [5.41, 5.74) is 0. The third-order valence-corrected chi connectivity index (χ3v) is 1.99. The van der Waals surface area contributed by atoms with Crippen LogP contribution in [0.25, 0.3) is 0 Å². The van der Waals surface area contributed by atoms with Crippen molar-refractivity contribution in [3.05, 3.63) is 12.4 Å². The average molecular weight is 180 g/mol. The molecule has 1 aromatic heterocycles. The van der Waals surface area contributed by atoms with E-state index >= 15 is 0 Å². The fourth-order valence-electron chi connectivity index (χ4n) is 0.961. The summed E-state index contributed by atoms with van der Waals surface area (Å²) in [4.78, 5) is 7.98. The molecule has 13 heavy (non-hydrogen) atoms. The van der Waals surface area contributed by atoms with E-state index in [9.17, 15) is 0 Å². The van der Waals surface area contributed by atoms with Crippen molar-refractivity contribution >= 4 is 0 Å². The van der Waals surface area contributed by atoms with Crippen LogP contribution in [0.3, 0.4) is 0 Å². The molecule has 1 fully saturated rings. The van der Waals surface area contributed by atoms with Crippen molar-refractivity contribution in [2.24, 2.45) is 5.92 Å². The maximum absolute atomic E-state index is 5.35. The highest BCUT2D eigenvalue weighted by Gasteiger charge is 2.22. The van der Waals surface area contributed by atoms with Gasteiger partial charge in [0.1, 0.15) is 0 Å². The third kappa shape index (κ3) is 2.31. The van der Waals surface area contributed by atoms with Gasteiger partial charge in [0.25, 0.3) is 0 Å². The second-order valence-electron chi connectivity index (χ2n) is 3.16. The highest BCUT2D eigenvalue weighted by Crippen LogP contribution is 2.28. The number of hydrogen-bond donors (Lipinski definition) is 0. The minimum atomic E-state index is 0.438. The normalized spacial score (nSPS) is 15.5. The molecule has 1 aromatic rings. The van der Waals surface area contributed by atoms with E-state index in [1.54, 1.807) is 19.5 Å². The minimum Gasteiger partial charge on any atom is -0.494 e. The number of ether oxygens (including phenoxy) is 2. The van der Waals surface area contributed by atoms with Gasteiger partial charge < -0.3 is 9.47 Å². The van der Waals surface area contributed by atoms with Crippen LogP contribution in [-0.2, 0) is 0 Å². The summed E-state index contributed by atoms with van der Waals surface area (Å²) in [7, 11) is 1.59. The minimum absolute atomic E-state index is 0.438. The molecule has 70 valence electrons. The lowest BCUT2D eigenvalue weighted by Gasteiger charge is -2.02. The van der Waals surface area contributed by atoms with E-state index in [4.69, 9.17) is 9.47 Å². The Morgan fingerprint density at radius 1 is 1.38 bits per heavy atom. The molecule has 1 aliphatic rings. The monoisotopic (exact) mass is 180 g/mol. The predicted molar refractivity (Wildman–Crippen MR) is 46.8 cm³/mol. The summed E-state index contributed by atoms with van der Waals surface area (Å²) >= 11 is 0. The molecule has 4 heteroatoms. The summed E-state index contributed by atoms with van der Waals surface area (Å²) in [6.07, 6.45) is 5.76. The van der Waals surface area contributed by atoms with Crippen LogP contribution in [0.5, 0.6) is 11.8 Å². The highest BCUT2D eigenvalue weighted by molar-refractivity contribution is 5.13. The average Bonchev–Trinajstić information content (AvgIpc) is 2.99. The molecule has 4 nitrogen and oxygen atoms in total. The zero-order valence-corrected chi connectivity index (χ0v) is 7.56. The lowest BCUT2D eigenvalue weighted by Crippen LogP contribution is -2.02. The fourth-order valence-corrected chi connectivity index (χ4v) is 0.961. The van der Waals surface area contributed by atoms with E-state index in [2.05, 4.69) is 9.97 Å². The third-order valence-electron chi connectivity index (χ3n) is 1.99. The van der Waals surface area contributed by atoms with Crippen LogP contribution < -0.4 is 9.47 Å². The zero-order valence-electron chi connectivity index (χ0n) is 7.56. The number of nitrogens with zero attached hydrogens (tertiary/aromatic N) is 2. The van der Waals surface area contributed by atoms with E-state index in [-0.39, 0.29) is 0 Å². The second kappa shape index (κ2) is 3.60. The Morgan fingerprint density at radius 3 is 2.62 bits per heavy atom. The van der Waals surface area contributed by atoms with Crippen molar-refractivity contribution in [2.75, 3.05) is 13.7 Å². The molecule has 0 atom stereocenters. The molecular formula is C9H12N2O2. The summed E-state index contributed by atoms with van der Waals surface area (Å²) in [6, 6.07) is 0.438. The summed E-state index contributed by atoms with van der Waals surface area (Å²) in [5.74, 6) is 1.38. The Hall–Kier alpha value is -1.32. The molecule has 2 rings (SSSR count). The predicted octanol–water partition coefficient (Wildman–Crippen LogP) is 1.27. The lowest BCUT2D eigenvalue weighted by atomic mass is 10.5. The van der Waals surface area contributed by atoms with Crippen LogP contribution >= 0.6 is 0 Å². The molecule has 0 N–H and O–H groups in total. The quantitative estimate of drug-likeness (QED) is 0.700. The fraction of sp³-hybridized carbons (Fsp3) is 0.556. The Morgan fingerprint density at radius 2 is 2.08 bits per heavy atom. The molecule has 0 aliphatic heterocycles. The number of aromatic nitrogens is 2. The lowest BCUT2D eigenvalue weighted by molar-refractivity contribution is 0.274. The van der Waals surface area contributed by atoms with Gasteiger partial charge in [-0.15, -0.1) is 0 Å². The molecular weight excluding hydrogens is 168 g/mol. The van der Waals surface area contributed by atoms with Crippen molar-refractivity contribution < 1.29 is 9.47 Å². The van der Waals surface area contributed by atoms with E-state index < -0.39 is 0 Å². The first kappa shape index (κ1) is 8.29. The molecule has 0 saturated heterocycles. The van der Waals surface area contributed by atoms with Crippen molar-refractivity contribution in [3.8, 4) is 11.8 Å². The SMILES string of the molecule is COc1cnc(OCC2CC2)nc1. The molecule has 0 spiro atoms. The van der Waals surface area contributed by atoms with E-state index in [1.165, 1.54) is 12.8 Å². The first-order valence-corrected chi connectivity index (χ1v) is 4.37. The van der Waals surface area contributed by atoms with E-state index in [0.717, 1.165) is 12.5 Å². The first-order valence-electron chi connectivity index (χ1n) is 4.37. The van der Waals surface area contributed by atoms with E-state index in [0.29, 0.717) is 11.8 Å². The molecule has 0 unspecified atom stereocenters. The number of methoxy groups -OCH3 is 1. The largest absolute Gasteiger partial charge is 0.494 e. The van der Waals surface area contributed by atoms with Crippen LogP contribution in [0.15, 0.2) is 12.4 Å². The molecule has 1 aliphatic carbocycles. The van der Waals surface area contributed by atoms with Crippen molar-refractivity contribution in [2.45, 2.75) is 12.8 Å². The zero-order chi connectivity index (χ0) is 9.10. The summed E-state index contributed by atoms with van der Waals surface area (Å²) < 4.78 is 10.3. The molecule has 0 amide bonds. The Balaban J connectivity index is 1.88. The molecule has 0 aromatic carbocycles. The van der Waals surface area contributed by atoms with Crippen molar-refractivity contribution in [3.63, 3.8) is 0 Å². The summed E-state index contributed by atoms with van der Waals surface area (Å²) in [6.45, 7) is 0.742. The van der Waals surface area contributed by atoms with Gasteiger partial charge in [0.05, 0.1) is 26.1 Å². The van der Waals surface area contributed by atoms with Gasteiger partial charge in [0.2, 0.25) is 0 Å². The maximum atomic E-state index is 5.35.